The van der Waals surface area contributed by atoms with Crippen molar-refractivity contribution in [3.63, 3.8) is 0 Å². The first-order chi connectivity index (χ1) is 7.24. The molecule has 0 heterocycles. The van der Waals surface area contributed by atoms with Gasteiger partial charge >= 0.3 is 0 Å². The molecule has 0 amide bonds. The summed E-state index contributed by atoms with van der Waals surface area (Å²) in [5.41, 5.74) is 10.2. The van der Waals surface area contributed by atoms with Crippen LogP contribution in [0.25, 0.3) is 0 Å². The smallest absolute Gasteiger partial charge is 0.0314 e. The molecule has 2 aromatic rings. The van der Waals surface area contributed by atoms with Crippen molar-refractivity contribution in [3.8, 4) is 0 Å². The van der Waals surface area contributed by atoms with Crippen LogP contribution < -0.4 is 5.73 Å². The van der Waals surface area contributed by atoms with Gasteiger partial charge in [-0.3, -0.25) is 0 Å². The zero-order valence-corrected chi connectivity index (χ0v) is 8.83. The molecule has 2 N–H and O–H groups in total. The van der Waals surface area contributed by atoms with Gasteiger partial charge in [-0.15, -0.1) is 0 Å². The predicted molar refractivity (Wildman–Crippen MR) is 63.7 cm³/mol. The third kappa shape index (κ3) is 2.59. The van der Waals surface area contributed by atoms with Crippen molar-refractivity contribution in [2.75, 3.05) is 5.73 Å². The van der Waals surface area contributed by atoms with Crippen LogP contribution in [0.1, 0.15) is 16.7 Å². The fourth-order valence-electron chi connectivity index (χ4n) is 1.63. The van der Waals surface area contributed by atoms with Crippen molar-refractivity contribution in [3.05, 3.63) is 65.2 Å². The third-order valence-electron chi connectivity index (χ3n) is 2.40. The second-order valence-corrected chi connectivity index (χ2v) is 3.80. The van der Waals surface area contributed by atoms with E-state index in [2.05, 4.69) is 37.3 Å². The monoisotopic (exact) mass is 196 g/mol. The first-order valence-corrected chi connectivity index (χ1v) is 5.06. The molecular formula is C14H14N. The van der Waals surface area contributed by atoms with Gasteiger partial charge in [-0.2, -0.15) is 0 Å². The van der Waals surface area contributed by atoms with Crippen LogP contribution in [0.5, 0.6) is 0 Å². The molecule has 2 aromatic carbocycles. The second-order valence-electron chi connectivity index (χ2n) is 3.80. The number of benzene rings is 2. The normalized spacial score (nSPS) is 10.2. The first-order valence-electron chi connectivity index (χ1n) is 5.06. The van der Waals surface area contributed by atoms with Gasteiger partial charge in [-0.1, -0.05) is 30.3 Å². The lowest BCUT2D eigenvalue weighted by Gasteiger charge is -2.03. The Balaban J connectivity index is 2.18. The Morgan fingerprint density at radius 1 is 1.07 bits per heavy atom. The molecular weight excluding hydrogens is 182 g/mol. The van der Waals surface area contributed by atoms with E-state index in [9.17, 15) is 0 Å². The number of rotatable bonds is 2. The summed E-state index contributed by atoms with van der Waals surface area (Å²) >= 11 is 0. The average molecular weight is 196 g/mol. The highest BCUT2D eigenvalue weighted by atomic mass is 14.5. The van der Waals surface area contributed by atoms with Gasteiger partial charge in [0.25, 0.3) is 0 Å². The van der Waals surface area contributed by atoms with Gasteiger partial charge in [0, 0.05) is 5.69 Å². The minimum Gasteiger partial charge on any atom is -0.399 e. The zero-order chi connectivity index (χ0) is 10.7. The van der Waals surface area contributed by atoms with Crippen molar-refractivity contribution >= 4 is 5.69 Å². The highest BCUT2D eigenvalue weighted by Crippen LogP contribution is 2.12. The molecule has 1 radical (unpaired) electrons. The quantitative estimate of drug-likeness (QED) is 0.734. The fourth-order valence-corrected chi connectivity index (χ4v) is 1.63. The lowest BCUT2D eigenvalue weighted by Crippen LogP contribution is -1.90. The summed E-state index contributed by atoms with van der Waals surface area (Å²) in [6.45, 7) is 2.06. The summed E-state index contributed by atoms with van der Waals surface area (Å²) in [7, 11) is 0. The minimum absolute atomic E-state index is 0.816. The molecule has 1 nitrogen and oxygen atoms in total. The fraction of sp³-hybridized carbons (Fsp3) is 0.143. The van der Waals surface area contributed by atoms with E-state index in [1.165, 1.54) is 16.7 Å². The Kier molecular flexibility index (Phi) is 2.72. The van der Waals surface area contributed by atoms with Gasteiger partial charge in [-0.05, 0) is 48.2 Å². The van der Waals surface area contributed by atoms with Crippen molar-refractivity contribution in [2.45, 2.75) is 13.3 Å². The third-order valence-corrected chi connectivity index (χ3v) is 2.40. The summed E-state index contributed by atoms with van der Waals surface area (Å²) in [5, 5.41) is 0. The molecule has 0 unspecified atom stereocenters. The Bertz CT molecular complexity index is 443. The lowest BCUT2D eigenvalue weighted by atomic mass is 10.0. The summed E-state index contributed by atoms with van der Waals surface area (Å²) < 4.78 is 0. The van der Waals surface area contributed by atoms with E-state index in [1.54, 1.807) is 0 Å². The number of nitrogen functional groups attached to an aromatic ring is 1. The van der Waals surface area contributed by atoms with Gasteiger partial charge < -0.3 is 5.73 Å². The number of nitrogens with two attached hydrogens (primary N) is 1. The molecule has 0 spiro atoms. The lowest BCUT2D eigenvalue weighted by molar-refractivity contribution is 1.18. The first kappa shape index (κ1) is 9.78. The number of hydrogen-bond acceptors (Lipinski definition) is 1. The molecule has 0 saturated heterocycles. The number of anilines is 1. The van der Waals surface area contributed by atoms with E-state index in [0.29, 0.717) is 0 Å². The van der Waals surface area contributed by atoms with Crippen LogP contribution in [0.4, 0.5) is 5.69 Å². The topological polar surface area (TPSA) is 26.0 Å². The van der Waals surface area contributed by atoms with Crippen LogP contribution in [0.2, 0.25) is 0 Å². The Morgan fingerprint density at radius 3 is 2.47 bits per heavy atom. The van der Waals surface area contributed by atoms with E-state index >= 15 is 0 Å². The molecule has 0 aliphatic rings. The summed E-state index contributed by atoms with van der Waals surface area (Å²) in [5.74, 6) is 0. The summed E-state index contributed by atoms with van der Waals surface area (Å²) in [4.78, 5) is 0. The SMILES string of the molecule is Cc1[c]ccc(Cc2ccc(N)cc2)c1. The molecule has 1 heteroatoms. The van der Waals surface area contributed by atoms with Gasteiger partial charge in [0.1, 0.15) is 0 Å². The van der Waals surface area contributed by atoms with Crippen LogP contribution in [0.3, 0.4) is 0 Å². The highest BCUT2D eigenvalue weighted by molar-refractivity contribution is 5.40. The summed E-state index contributed by atoms with van der Waals surface area (Å²) in [6, 6.07) is 17.4. The van der Waals surface area contributed by atoms with E-state index in [-0.39, 0.29) is 0 Å². The highest BCUT2D eigenvalue weighted by Gasteiger charge is 1.96. The van der Waals surface area contributed by atoms with Gasteiger partial charge in [0.05, 0.1) is 0 Å². The number of hydrogen-bond donors (Lipinski definition) is 1. The molecule has 75 valence electrons. The average Bonchev–Trinajstić information content (AvgIpc) is 2.22. The molecule has 0 fully saturated rings. The van der Waals surface area contributed by atoms with Crippen LogP contribution in [-0.2, 0) is 6.42 Å². The zero-order valence-electron chi connectivity index (χ0n) is 8.83. The second kappa shape index (κ2) is 4.18. The van der Waals surface area contributed by atoms with Crippen LogP contribution in [0.15, 0.2) is 42.5 Å². The molecule has 0 bridgehead atoms. The Labute approximate surface area is 90.6 Å². The van der Waals surface area contributed by atoms with Crippen LogP contribution in [-0.4, -0.2) is 0 Å². The van der Waals surface area contributed by atoms with E-state index < -0.39 is 0 Å². The van der Waals surface area contributed by atoms with Crippen molar-refractivity contribution in [1.82, 2.24) is 0 Å². The van der Waals surface area contributed by atoms with E-state index in [4.69, 9.17) is 5.73 Å². The molecule has 0 aliphatic heterocycles. The van der Waals surface area contributed by atoms with E-state index in [1.807, 2.05) is 18.2 Å². The summed E-state index contributed by atoms with van der Waals surface area (Å²) in [6.07, 6.45) is 0.954. The maximum absolute atomic E-state index is 5.64. The Hall–Kier alpha value is -1.76. The van der Waals surface area contributed by atoms with E-state index in [0.717, 1.165) is 12.1 Å². The molecule has 0 atom stereocenters. The van der Waals surface area contributed by atoms with Crippen molar-refractivity contribution in [1.29, 1.82) is 0 Å². The van der Waals surface area contributed by atoms with Crippen LogP contribution in [0, 0.1) is 13.0 Å². The van der Waals surface area contributed by atoms with Gasteiger partial charge in [0.2, 0.25) is 0 Å². The van der Waals surface area contributed by atoms with Gasteiger partial charge in [-0.25, -0.2) is 0 Å². The van der Waals surface area contributed by atoms with Crippen LogP contribution >= 0.6 is 0 Å². The van der Waals surface area contributed by atoms with Crippen molar-refractivity contribution in [2.24, 2.45) is 0 Å². The minimum atomic E-state index is 0.816. The number of aryl methyl sites for hydroxylation is 1. The standard InChI is InChI=1S/C14H14N/c1-11-3-2-4-13(9-11)10-12-5-7-14(15)8-6-12/h2,4-9H,10,15H2,1H3. The maximum Gasteiger partial charge on any atom is 0.0314 e. The maximum atomic E-state index is 5.64. The largest absolute Gasteiger partial charge is 0.399 e. The molecule has 0 aromatic heterocycles. The molecule has 2 rings (SSSR count). The predicted octanol–water partition coefficient (Wildman–Crippen LogP) is 2.97. The Morgan fingerprint density at radius 2 is 1.80 bits per heavy atom. The molecule has 0 saturated carbocycles. The van der Waals surface area contributed by atoms with Gasteiger partial charge in [0.15, 0.2) is 0 Å². The molecule has 0 aliphatic carbocycles. The molecule has 15 heavy (non-hydrogen) atoms. The van der Waals surface area contributed by atoms with Crippen molar-refractivity contribution < 1.29 is 0 Å².